The van der Waals surface area contributed by atoms with E-state index in [1.807, 2.05) is 23.1 Å². The molecule has 4 nitrogen and oxygen atoms in total. The molecule has 114 valence electrons. The van der Waals surface area contributed by atoms with E-state index >= 15 is 0 Å². The van der Waals surface area contributed by atoms with Gasteiger partial charge in [-0.2, -0.15) is 0 Å². The maximum Gasteiger partial charge on any atom is 0.227 e. The third-order valence-electron chi connectivity index (χ3n) is 4.64. The molecule has 1 saturated heterocycles. The van der Waals surface area contributed by atoms with E-state index in [0.29, 0.717) is 18.6 Å². The number of hydrogen-bond acceptors (Lipinski definition) is 3. The first-order valence-electron chi connectivity index (χ1n) is 7.96. The van der Waals surface area contributed by atoms with Gasteiger partial charge >= 0.3 is 0 Å². The molecule has 4 heteroatoms. The molecule has 0 aromatic heterocycles. The van der Waals surface area contributed by atoms with Gasteiger partial charge in [-0.15, -0.1) is 0 Å². The summed E-state index contributed by atoms with van der Waals surface area (Å²) in [6, 6.07) is 8.66. The minimum absolute atomic E-state index is 0.243. The van der Waals surface area contributed by atoms with Crippen LogP contribution in [0, 0.1) is 0 Å². The van der Waals surface area contributed by atoms with Crippen molar-refractivity contribution >= 4 is 17.3 Å². The summed E-state index contributed by atoms with van der Waals surface area (Å²) >= 11 is 0. The number of nitrogens with zero attached hydrogens (tertiary/aromatic N) is 1. The molecule has 1 N–H and O–H groups in total. The first-order valence-corrected chi connectivity index (χ1v) is 7.96. The third-order valence-corrected chi connectivity index (χ3v) is 4.64. The smallest absolute Gasteiger partial charge is 0.227 e. The SMILES string of the molecule is COC1CCC(Nc2ccccc2N2CCCC2=O)CC1. The van der Waals surface area contributed by atoms with Gasteiger partial charge in [0.2, 0.25) is 5.91 Å². The van der Waals surface area contributed by atoms with Gasteiger partial charge in [0.25, 0.3) is 0 Å². The minimum Gasteiger partial charge on any atom is -0.381 e. The van der Waals surface area contributed by atoms with Gasteiger partial charge in [0.1, 0.15) is 0 Å². The molecule has 21 heavy (non-hydrogen) atoms. The van der Waals surface area contributed by atoms with Crippen molar-refractivity contribution in [3.63, 3.8) is 0 Å². The van der Waals surface area contributed by atoms with Crippen LogP contribution in [-0.4, -0.2) is 31.7 Å². The molecule has 1 aliphatic carbocycles. The Morgan fingerprint density at radius 1 is 1.19 bits per heavy atom. The number of carbonyl (C=O) groups is 1. The summed E-state index contributed by atoms with van der Waals surface area (Å²) in [6.07, 6.45) is 6.53. The summed E-state index contributed by atoms with van der Waals surface area (Å²) in [5, 5.41) is 3.64. The summed E-state index contributed by atoms with van der Waals surface area (Å²) in [6.45, 7) is 0.841. The van der Waals surface area contributed by atoms with Gasteiger partial charge in [-0.3, -0.25) is 4.79 Å². The Morgan fingerprint density at radius 3 is 2.62 bits per heavy atom. The lowest BCUT2D eigenvalue weighted by atomic mass is 9.92. The van der Waals surface area contributed by atoms with Crippen molar-refractivity contribution in [2.75, 3.05) is 23.9 Å². The highest BCUT2D eigenvalue weighted by molar-refractivity contribution is 5.98. The van der Waals surface area contributed by atoms with Crippen molar-refractivity contribution in [1.82, 2.24) is 0 Å². The Balaban J connectivity index is 1.70. The normalized spacial score (nSPS) is 26.1. The molecule has 0 radical (unpaired) electrons. The fourth-order valence-electron chi connectivity index (χ4n) is 3.40. The number of nitrogens with one attached hydrogen (secondary N) is 1. The predicted octanol–water partition coefficient (Wildman–Crippen LogP) is 3.18. The van der Waals surface area contributed by atoms with Crippen molar-refractivity contribution in [2.24, 2.45) is 0 Å². The molecule has 0 spiro atoms. The van der Waals surface area contributed by atoms with E-state index in [2.05, 4.69) is 11.4 Å². The van der Waals surface area contributed by atoms with Crippen LogP contribution in [0.2, 0.25) is 0 Å². The van der Waals surface area contributed by atoms with Gasteiger partial charge in [0.05, 0.1) is 17.5 Å². The molecule has 1 saturated carbocycles. The van der Waals surface area contributed by atoms with Gasteiger partial charge in [-0.1, -0.05) is 12.1 Å². The number of para-hydroxylation sites is 2. The van der Waals surface area contributed by atoms with Gasteiger partial charge in [-0.25, -0.2) is 0 Å². The maximum atomic E-state index is 12.0. The molecule has 0 atom stereocenters. The number of amides is 1. The molecule has 1 heterocycles. The number of ether oxygens (including phenoxy) is 1. The number of benzene rings is 1. The topological polar surface area (TPSA) is 41.6 Å². The lowest BCUT2D eigenvalue weighted by Crippen LogP contribution is -2.31. The highest BCUT2D eigenvalue weighted by Gasteiger charge is 2.25. The average Bonchev–Trinajstić information content (AvgIpc) is 2.95. The Hall–Kier alpha value is -1.55. The van der Waals surface area contributed by atoms with E-state index in [0.717, 1.165) is 50.0 Å². The number of carbonyl (C=O) groups excluding carboxylic acids is 1. The summed E-state index contributed by atoms with van der Waals surface area (Å²) in [5.41, 5.74) is 2.13. The minimum atomic E-state index is 0.243. The second-order valence-corrected chi connectivity index (χ2v) is 6.02. The number of hydrogen-bond donors (Lipinski definition) is 1. The van der Waals surface area contributed by atoms with Crippen LogP contribution in [0.3, 0.4) is 0 Å². The summed E-state index contributed by atoms with van der Waals surface area (Å²) < 4.78 is 5.43. The fraction of sp³-hybridized carbons (Fsp3) is 0.588. The summed E-state index contributed by atoms with van der Waals surface area (Å²) in [4.78, 5) is 13.9. The van der Waals surface area contributed by atoms with Gasteiger partial charge in [0, 0.05) is 26.1 Å². The van der Waals surface area contributed by atoms with Crippen molar-refractivity contribution in [3.05, 3.63) is 24.3 Å². The zero-order valence-corrected chi connectivity index (χ0v) is 12.7. The Labute approximate surface area is 126 Å². The van der Waals surface area contributed by atoms with Crippen molar-refractivity contribution in [3.8, 4) is 0 Å². The summed E-state index contributed by atoms with van der Waals surface area (Å²) in [7, 11) is 1.80. The van der Waals surface area contributed by atoms with Crippen LogP contribution in [0.5, 0.6) is 0 Å². The molecule has 1 aromatic carbocycles. The molecule has 1 aromatic rings. The van der Waals surface area contributed by atoms with E-state index in [1.54, 1.807) is 7.11 Å². The van der Waals surface area contributed by atoms with Crippen molar-refractivity contribution < 1.29 is 9.53 Å². The highest BCUT2D eigenvalue weighted by atomic mass is 16.5. The molecule has 1 aliphatic heterocycles. The zero-order valence-electron chi connectivity index (χ0n) is 12.7. The number of methoxy groups -OCH3 is 1. The average molecular weight is 288 g/mol. The molecule has 1 amide bonds. The second-order valence-electron chi connectivity index (χ2n) is 6.02. The molecular weight excluding hydrogens is 264 g/mol. The Kier molecular flexibility index (Phi) is 4.44. The van der Waals surface area contributed by atoms with Crippen LogP contribution in [0.25, 0.3) is 0 Å². The van der Waals surface area contributed by atoms with E-state index in [9.17, 15) is 4.79 Å². The van der Waals surface area contributed by atoms with Crippen molar-refractivity contribution in [1.29, 1.82) is 0 Å². The quantitative estimate of drug-likeness (QED) is 0.925. The molecular formula is C17H24N2O2. The molecule has 0 unspecified atom stereocenters. The Bertz CT molecular complexity index is 495. The molecule has 3 rings (SSSR count). The van der Waals surface area contributed by atoms with E-state index in [4.69, 9.17) is 4.74 Å². The van der Waals surface area contributed by atoms with E-state index in [1.165, 1.54) is 0 Å². The molecule has 0 bridgehead atoms. The monoisotopic (exact) mass is 288 g/mol. The fourth-order valence-corrected chi connectivity index (χ4v) is 3.40. The van der Waals surface area contributed by atoms with Crippen LogP contribution in [0.1, 0.15) is 38.5 Å². The lowest BCUT2D eigenvalue weighted by Gasteiger charge is -2.30. The lowest BCUT2D eigenvalue weighted by molar-refractivity contribution is -0.117. The van der Waals surface area contributed by atoms with Crippen LogP contribution < -0.4 is 10.2 Å². The van der Waals surface area contributed by atoms with Crippen LogP contribution in [0.4, 0.5) is 11.4 Å². The summed E-state index contributed by atoms with van der Waals surface area (Å²) in [5.74, 6) is 0.243. The largest absolute Gasteiger partial charge is 0.381 e. The highest BCUT2D eigenvalue weighted by Crippen LogP contribution is 2.32. The standard InChI is InChI=1S/C17H24N2O2/c1-21-14-10-8-13(9-11-14)18-15-5-2-3-6-16(15)19-12-4-7-17(19)20/h2-3,5-6,13-14,18H,4,7-12H2,1H3. The number of rotatable bonds is 4. The predicted molar refractivity (Wildman–Crippen MR) is 84.7 cm³/mol. The van der Waals surface area contributed by atoms with Crippen molar-refractivity contribution in [2.45, 2.75) is 50.7 Å². The zero-order chi connectivity index (χ0) is 14.7. The van der Waals surface area contributed by atoms with E-state index in [-0.39, 0.29) is 5.91 Å². The van der Waals surface area contributed by atoms with E-state index < -0.39 is 0 Å². The third kappa shape index (κ3) is 3.21. The van der Waals surface area contributed by atoms with Gasteiger partial charge in [-0.05, 0) is 44.2 Å². The van der Waals surface area contributed by atoms with Crippen LogP contribution in [-0.2, 0) is 9.53 Å². The van der Waals surface area contributed by atoms with Gasteiger partial charge < -0.3 is 15.0 Å². The second kappa shape index (κ2) is 6.48. The molecule has 2 aliphatic rings. The van der Waals surface area contributed by atoms with Crippen LogP contribution >= 0.6 is 0 Å². The first-order chi connectivity index (χ1) is 10.3. The first kappa shape index (κ1) is 14.4. The number of anilines is 2. The maximum absolute atomic E-state index is 12.0. The van der Waals surface area contributed by atoms with Gasteiger partial charge in [0.15, 0.2) is 0 Å². The van der Waals surface area contributed by atoms with Crippen LogP contribution in [0.15, 0.2) is 24.3 Å². The Morgan fingerprint density at radius 2 is 1.95 bits per heavy atom. The molecule has 2 fully saturated rings.